The number of hydrogen-bond acceptors (Lipinski definition) is 5. The third-order valence-electron chi connectivity index (χ3n) is 4.34. The molecule has 0 unspecified atom stereocenters. The number of carbonyl (C=O) groups excluding carboxylic acids is 1. The Bertz CT molecular complexity index is 694. The SMILES string of the molecule is CCN1CCN(C(=O)COCc2cc(-c3ccc(F)cc3)on2)CC1. The van der Waals surface area contributed by atoms with Crippen LogP contribution in [0.25, 0.3) is 11.3 Å². The molecule has 0 saturated carbocycles. The summed E-state index contributed by atoms with van der Waals surface area (Å²) in [5.41, 5.74) is 1.34. The van der Waals surface area contributed by atoms with Crippen molar-refractivity contribution in [2.45, 2.75) is 13.5 Å². The fraction of sp³-hybridized carbons (Fsp3) is 0.444. The van der Waals surface area contributed by atoms with Crippen molar-refractivity contribution in [3.63, 3.8) is 0 Å². The van der Waals surface area contributed by atoms with Gasteiger partial charge in [0, 0.05) is 37.8 Å². The molecule has 1 aromatic heterocycles. The predicted molar refractivity (Wildman–Crippen MR) is 90.2 cm³/mol. The summed E-state index contributed by atoms with van der Waals surface area (Å²) >= 11 is 0. The molecule has 0 bridgehead atoms. The van der Waals surface area contributed by atoms with Crippen molar-refractivity contribution in [1.82, 2.24) is 15.0 Å². The molecular formula is C18H22FN3O3. The molecule has 1 aliphatic heterocycles. The molecule has 0 aliphatic carbocycles. The van der Waals surface area contributed by atoms with Gasteiger partial charge in [-0.2, -0.15) is 0 Å². The highest BCUT2D eigenvalue weighted by Crippen LogP contribution is 2.20. The first-order valence-corrected chi connectivity index (χ1v) is 8.45. The highest BCUT2D eigenvalue weighted by atomic mass is 19.1. The largest absolute Gasteiger partial charge is 0.365 e. The molecule has 7 heteroatoms. The number of rotatable bonds is 6. The van der Waals surface area contributed by atoms with Gasteiger partial charge in [0.2, 0.25) is 5.91 Å². The summed E-state index contributed by atoms with van der Waals surface area (Å²) in [7, 11) is 0. The van der Waals surface area contributed by atoms with Gasteiger partial charge in [-0.1, -0.05) is 12.1 Å². The molecule has 134 valence electrons. The van der Waals surface area contributed by atoms with Gasteiger partial charge in [-0.05, 0) is 30.8 Å². The van der Waals surface area contributed by atoms with Crippen molar-refractivity contribution in [2.75, 3.05) is 39.3 Å². The normalized spacial score (nSPS) is 15.5. The molecule has 0 radical (unpaired) electrons. The van der Waals surface area contributed by atoms with Gasteiger partial charge in [-0.25, -0.2) is 4.39 Å². The lowest BCUT2D eigenvalue weighted by atomic mass is 10.1. The van der Waals surface area contributed by atoms with Crippen molar-refractivity contribution in [1.29, 1.82) is 0 Å². The molecule has 1 fully saturated rings. The van der Waals surface area contributed by atoms with Crippen LogP contribution < -0.4 is 0 Å². The number of likely N-dealkylation sites (N-methyl/N-ethyl adjacent to an activating group) is 1. The summed E-state index contributed by atoms with van der Waals surface area (Å²) in [5, 5.41) is 3.92. The molecule has 3 rings (SSSR count). The Morgan fingerprint density at radius 2 is 1.96 bits per heavy atom. The van der Waals surface area contributed by atoms with E-state index >= 15 is 0 Å². The highest BCUT2D eigenvalue weighted by Gasteiger charge is 2.20. The van der Waals surface area contributed by atoms with Crippen LogP contribution in [-0.2, 0) is 16.1 Å². The van der Waals surface area contributed by atoms with Gasteiger partial charge in [0.1, 0.15) is 18.1 Å². The molecule has 0 spiro atoms. The molecule has 1 amide bonds. The summed E-state index contributed by atoms with van der Waals surface area (Å²) in [6, 6.07) is 7.72. The average Bonchev–Trinajstić information content (AvgIpc) is 3.11. The molecule has 2 heterocycles. The van der Waals surface area contributed by atoms with Gasteiger partial charge in [-0.15, -0.1) is 0 Å². The van der Waals surface area contributed by atoms with Gasteiger partial charge in [0.15, 0.2) is 5.76 Å². The van der Waals surface area contributed by atoms with Crippen LogP contribution in [0, 0.1) is 5.82 Å². The maximum Gasteiger partial charge on any atom is 0.248 e. The van der Waals surface area contributed by atoms with E-state index in [1.807, 2.05) is 4.90 Å². The number of halogens is 1. The minimum Gasteiger partial charge on any atom is -0.365 e. The Labute approximate surface area is 146 Å². The summed E-state index contributed by atoms with van der Waals surface area (Å²) in [6.07, 6.45) is 0. The second-order valence-corrected chi connectivity index (χ2v) is 6.00. The number of aromatic nitrogens is 1. The van der Waals surface area contributed by atoms with Gasteiger partial charge in [0.05, 0.1) is 6.61 Å². The third-order valence-corrected chi connectivity index (χ3v) is 4.34. The van der Waals surface area contributed by atoms with Crippen LogP contribution >= 0.6 is 0 Å². The number of amides is 1. The van der Waals surface area contributed by atoms with E-state index in [1.54, 1.807) is 18.2 Å². The summed E-state index contributed by atoms with van der Waals surface area (Å²) in [4.78, 5) is 16.3. The maximum absolute atomic E-state index is 12.9. The minimum absolute atomic E-state index is 0.00185. The highest BCUT2D eigenvalue weighted by molar-refractivity contribution is 5.77. The molecule has 1 aromatic carbocycles. The number of ether oxygens (including phenoxy) is 1. The zero-order chi connectivity index (χ0) is 17.6. The van der Waals surface area contributed by atoms with Gasteiger partial charge in [-0.3, -0.25) is 4.79 Å². The van der Waals surface area contributed by atoms with Gasteiger partial charge in [0.25, 0.3) is 0 Å². The number of carbonyl (C=O) groups is 1. The van der Waals surface area contributed by atoms with Crippen LogP contribution in [0.2, 0.25) is 0 Å². The lowest BCUT2D eigenvalue weighted by Gasteiger charge is -2.33. The Kier molecular flexibility index (Phi) is 5.78. The number of benzene rings is 1. The van der Waals surface area contributed by atoms with Gasteiger partial charge >= 0.3 is 0 Å². The molecule has 0 atom stereocenters. The Hall–Kier alpha value is -2.25. The summed E-state index contributed by atoms with van der Waals surface area (Å²) in [6.45, 7) is 6.68. The van der Waals surface area contributed by atoms with Crippen LogP contribution in [0.4, 0.5) is 4.39 Å². The molecular weight excluding hydrogens is 325 g/mol. The smallest absolute Gasteiger partial charge is 0.248 e. The average molecular weight is 347 g/mol. The Morgan fingerprint density at radius 3 is 2.64 bits per heavy atom. The summed E-state index contributed by atoms with van der Waals surface area (Å²) < 4.78 is 23.6. The fourth-order valence-electron chi connectivity index (χ4n) is 2.78. The molecule has 0 N–H and O–H groups in total. The topological polar surface area (TPSA) is 58.8 Å². The molecule has 2 aromatic rings. The Balaban J connectivity index is 1.45. The van der Waals surface area contributed by atoms with Crippen molar-refractivity contribution >= 4 is 5.91 Å². The first kappa shape index (κ1) is 17.6. The molecule has 25 heavy (non-hydrogen) atoms. The molecule has 6 nitrogen and oxygen atoms in total. The van der Waals surface area contributed by atoms with E-state index < -0.39 is 0 Å². The lowest BCUT2D eigenvalue weighted by Crippen LogP contribution is -2.49. The lowest BCUT2D eigenvalue weighted by molar-refractivity contribution is -0.138. The van der Waals surface area contributed by atoms with E-state index in [1.165, 1.54) is 12.1 Å². The first-order chi connectivity index (χ1) is 12.2. The van der Waals surface area contributed by atoms with Crippen molar-refractivity contribution in [2.24, 2.45) is 0 Å². The van der Waals surface area contributed by atoms with E-state index in [9.17, 15) is 9.18 Å². The van der Waals surface area contributed by atoms with E-state index in [0.717, 1.165) is 38.3 Å². The van der Waals surface area contributed by atoms with Crippen molar-refractivity contribution in [3.8, 4) is 11.3 Å². The Morgan fingerprint density at radius 1 is 1.24 bits per heavy atom. The zero-order valence-corrected chi connectivity index (χ0v) is 14.3. The van der Waals surface area contributed by atoms with E-state index in [2.05, 4.69) is 17.0 Å². The van der Waals surface area contributed by atoms with Crippen LogP contribution in [0.3, 0.4) is 0 Å². The molecule has 1 saturated heterocycles. The second kappa shape index (κ2) is 8.22. The monoisotopic (exact) mass is 347 g/mol. The van der Waals surface area contributed by atoms with Crippen LogP contribution in [0.15, 0.2) is 34.9 Å². The van der Waals surface area contributed by atoms with E-state index in [4.69, 9.17) is 9.26 Å². The number of piperazine rings is 1. The predicted octanol–water partition coefficient (Wildman–Crippen LogP) is 2.16. The van der Waals surface area contributed by atoms with E-state index in [-0.39, 0.29) is 24.9 Å². The third kappa shape index (κ3) is 4.64. The maximum atomic E-state index is 12.9. The van der Waals surface area contributed by atoms with Crippen molar-refractivity contribution < 1.29 is 18.4 Å². The first-order valence-electron chi connectivity index (χ1n) is 8.45. The molecule has 1 aliphatic rings. The van der Waals surface area contributed by atoms with Crippen LogP contribution in [-0.4, -0.2) is 60.2 Å². The quantitative estimate of drug-likeness (QED) is 0.801. The van der Waals surface area contributed by atoms with Gasteiger partial charge < -0.3 is 19.1 Å². The number of hydrogen-bond donors (Lipinski definition) is 0. The van der Waals surface area contributed by atoms with Crippen LogP contribution in [0.5, 0.6) is 0 Å². The number of nitrogens with zero attached hydrogens (tertiary/aromatic N) is 3. The van der Waals surface area contributed by atoms with Crippen molar-refractivity contribution in [3.05, 3.63) is 41.8 Å². The fourth-order valence-corrected chi connectivity index (χ4v) is 2.78. The minimum atomic E-state index is -0.301. The summed E-state index contributed by atoms with van der Waals surface area (Å²) in [5.74, 6) is 0.240. The second-order valence-electron chi connectivity index (χ2n) is 6.00. The zero-order valence-electron chi connectivity index (χ0n) is 14.3. The van der Waals surface area contributed by atoms with Crippen LogP contribution in [0.1, 0.15) is 12.6 Å². The van der Waals surface area contributed by atoms with E-state index in [0.29, 0.717) is 11.5 Å². The standard InChI is InChI=1S/C18H22FN3O3/c1-2-21-7-9-22(10-8-21)18(23)13-24-12-16-11-17(25-20-16)14-3-5-15(19)6-4-14/h3-6,11H,2,7-10,12-13H2,1H3.